The first-order valence-corrected chi connectivity index (χ1v) is 8.36. The molecule has 0 spiro atoms. The van der Waals surface area contributed by atoms with Gasteiger partial charge in [-0.1, -0.05) is 51.9 Å². The van der Waals surface area contributed by atoms with E-state index >= 15 is 0 Å². The predicted molar refractivity (Wildman–Crippen MR) is 90.2 cm³/mol. The van der Waals surface area contributed by atoms with Gasteiger partial charge in [0, 0.05) is 5.75 Å². The number of esters is 1. The van der Waals surface area contributed by atoms with E-state index in [2.05, 4.69) is 30.1 Å². The van der Waals surface area contributed by atoms with E-state index in [0.717, 1.165) is 12.8 Å². The van der Waals surface area contributed by atoms with E-state index in [0.29, 0.717) is 6.61 Å². The number of carbonyl (C=O) groups is 1. The minimum Gasteiger partial charge on any atom is -0.464 e. The lowest BCUT2D eigenvalue weighted by Crippen LogP contribution is -2.39. The number of nitrogens with zero attached hydrogens (tertiary/aromatic N) is 1. The van der Waals surface area contributed by atoms with Crippen LogP contribution in [0.5, 0.6) is 0 Å². The molecular formula is C14H30N4O2S. The molecule has 6 nitrogen and oxygen atoms in total. The van der Waals surface area contributed by atoms with Gasteiger partial charge in [-0.25, -0.2) is 4.79 Å². The summed E-state index contributed by atoms with van der Waals surface area (Å²) in [4.78, 5) is 11.7. The molecular weight excluding hydrogens is 288 g/mol. The number of guanidine groups is 1. The molecule has 0 saturated heterocycles. The third-order valence-electron chi connectivity index (χ3n) is 3.06. The van der Waals surface area contributed by atoms with Crippen LogP contribution < -0.4 is 16.9 Å². The summed E-state index contributed by atoms with van der Waals surface area (Å²) >= 11 is 4.06. The minimum atomic E-state index is -0.621. The highest BCUT2D eigenvalue weighted by molar-refractivity contribution is 7.80. The van der Waals surface area contributed by atoms with Gasteiger partial charge in [0.1, 0.15) is 0 Å². The molecule has 0 aliphatic rings. The SMILES string of the molecule is CCCCCCCCCCOC(=O)[C@H](CS)NN=C(N)N. The van der Waals surface area contributed by atoms with Gasteiger partial charge in [-0.05, 0) is 6.42 Å². The fourth-order valence-electron chi connectivity index (χ4n) is 1.83. The topological polar surface area (TPSA) is 103 Å². The first-order valence-electron chi connectivity index (χ1n) is 7.73. The summed E-state index contributed by atoms with van der Waals surface area (Å²) in [5.74, 6) is -0.233. The van der Waals surface area contributed by atoms with E-state index < -0.39 is 6.04 Å². The predicted octanol–water partition coefficient (Wildman–Crippen LogP) is 1.75. The Morgan fingerprint density at radius 1 is 1.14 bits per heavy atom. The molecule has 1 atom stereocenters. The highest BCUT2D eigenvalue weighted by atomic mass is 32.1. The minimum absolute atomic E-state index is 0.127. The van der Waals surface area contributed by atoms with E-state index in [4.69, 9.17) is 16.2 Å². The Labute approximate surface area is 133 Å². The van der Waals surface area contributed by atoms with Crippen molar-refractivity contribution in [3.63, 3.8) is 0 Å². The average molecular weight is 318 g/mol. The summed E-state index contributed by atoms with van der Waals surface area (Å²) in [7, 11) is 0. The first-order chi connectivity index (χ1) is 10.1. The summed E-state index contributed by atoms with van der Waals surface area (Å²) in [5, 5.41) is 3.58. The monoisotopic (exact) mass is 318 g/mol. The largest absolute Gasteiger partial charge is 0.464 e. The number of nitrogens with one attached hydrogen (secondary N) is 1. The summed E-state index contributed by atoms with van der Waals surface area (Å²) in [6, 6.07) is -0.621. The lowest BCUT2D eigenvalue weighted by Gasteiger charge is -2.13. The van der Waals surface area contributed by atoms with E-state index in [-0.39, 0.29) is 17.7 Å². The van der Waals surface area contributed by atoms with Crippen molar-refractivity contribution in [3.05, 3.63) is 0 Å². The maximum atomic E-state index is 11.7. The van der Waals surface area contributed by atoms with Crippen molar-refractivity contribution in [2.75, 3.05) is 12.4 Å². The van der Waals surface area contributed by atoms with E-state index in [9.17, 15) is 4.79 Å². The van der Waals surface area contributed by atoms with Crippen LogP contribution in [0.1, 0.15) is 58.3 Å². The Balaban J connectivity index is 3.57. The maximum absolute atomic E-state index is 11.7. The third-order valence-corrected chi connectivity index (χ3v) is 3.42. The summed E-state index contributed by atoms with van der Waals surface area (Å²) in [5.41, 5.74) is 12.9. The summed E-state index contributed by atoms with van der Waals surface area (Å²) in [6.07, 6.45) is 9.67. The molecule has 0 aromatic rings. The fraction of sp³-hybridized carbons (Fsp3) is 0.857. The number of ether oxygens (including phenoxy) is 1. The second-order valence-electron chi connectivity index (χ2n) is 5.04. The van der Waals surface area contributed by atoms with E-state index in [1.165, 1.54) is 38.5 Å². The van der Waals surface area contributed by atoms with Crippen molar-refractivity contribution in [1.29, 1.82) is 0 Å². The van der Waals surface area contributed by atoms with Crippen molar-refractivity contribution in [3.8, 4) is 0 Å². The van der Waals surface area contributed by atoms with Crippen molar-refractivity contribution in [2.24, 2.45) is 16.6 Å². The molecule has 0 fully saturated rings. The highest BCUT2D eigenvalue weighted by Gasteiger charge is 2.17. The number of rotatable bonds is 13. The van der Waals surface area contributed by atoms with Crippen LogP contribution in [0.25, 0.3) is 0 Å². The smallest absolute Gasteiger partial charge is 0.331 e. The van der Waals surface area contributed by atoms with Crippen molar-refractivity contribution in [1.82, 2.24) is 5.43 Å². The Kier molecular flexibility index (Phi) is 13.1. The number of hydrazone groups is 1. The van der Waals surface area contributed by atoms with E-state index in [1.54, 1.807) is 0 Å². The molecule has 0 heterocycles. The van der Waals surface area contributed by atoms with Gasteiger partial charge in [0.2, 0.25) is 5.96 Å². The number of thiol groups is 1. The molecule has 0 rings (SSSR count). The Morgan fingerprint density at radius 2 is 1.71 bits per heavy atom. The zero-order valence-corrected chi connectivity index (χ0v) is 13.9. The second-order valence-corrected chi connectivity index (χ2v) is 5.41. The third kappa shape index (κ3) is 12.3. The standard InChI is InChI=1S/C14H30N4O2S/c1-2-3-4-5-6-7-8-9-10-20-13(19)12(11-21)17-18-14(15)16/h12,17,21H,2-11H2,1H3,(H4,15,16,18)/t12-/m0/s1. The normalized spacial score (nSPS) is 11.7. The zero-order valence-electron chi connectivity index (χ0n) is 13.0. The molecule has 0 aromatic heterocycles. The average Bonchev–Trinajstić information content (AvgIpc) is 2.46. The molecule has 0 bridgehead atoms. The van der Waals surface area contributed by atoms with Crippen LogP contribution in [0, 0.1) is 0 Å². The quantitative estimate of drug-likeness (QED) is 0.103. The Hall–Kier alpha value is -1.11. The molecule has 0 saturated carbocycles. The summed E-state index contributed by atoms with van der Waals surface area (Å²) in [6.45, 7) is 2.65. The molecule has 0 unspecified atom stereocenters. The first kappa shape index (κ1) is 19.9. The van der Waals surface area contributed by atoms with Gasteiger partial charge in [0.05, 0.1) is 6.61 Å². The second kappa shape index (κ2) is 13.9. The van der Waals surface area contributed by atoms with Crippen molar-refractivity contribution in [2.45, 2.75) is 64.3 Å². The van der Waals surface area contributed by atoms with Gasteiger partial charge in [-0.15, -0.1) is 5.10 Å². The van der Waals surface area contributed by atoms with Gasteiger partial charge < -0.3 is 16.2 Å². The Morgan fingerprint density at radius 3 is 2.24 bits per heavy atom. The lowest BCUT2D eigenvalue weighted by molar-refractivity contribution is -0.145. The molecule has 0 aromatic carbocycles. The van der Waals surface area contributed by atoms with Crippen LogP contribution in [-0.2, 0) is 9.53 Å². The van der Waals surface area contributed by atoms with Gasteiger partial charge in [-0.2, -0.15) is 12.6 Å². The van der Waals surface area contributed by atoms with E-state index in [1.807, 2.05) is 0 Å². The van der Waals surface area contributed by atoms with Crippen LogP contribution in [-0.4, -0.2) is 30.3 Å². The number of nitrogens with two attached hydrogens (primary N) is 2. The molecule has 5 N–H and O–H groups in total. The molecule has 7 heteroatoms. The molecule has 0 radical (unpaired) electrons. The number of hydrogen-bond donors (Lipinski definition) is 4. The highest BCUT2D eigenvalue weighted by Crippen LogP contribution is 2.08. The number of unbranched alkanes of at least 4 members (excludes halogenated alkanes) is 7. The molecule has 0 aliphatic carbocycles. The van der Waals surface area contributed by atoms with Crippen molar-refractivity contribution < 1.29 is 9.53 Å². The van der Waals surface area contributed by atoms with Gasteiger partial charge in [0.15, 0.2) is 6.04 Å². The van der Waals surface area contributed by atoms with Crippen LogP contribution in [0.4, 0.5) is 0 Å². The zero-order chi connectivity index (χ0) is 15.9. The van der Waals surface area contributed by atoms with Crippen molar-refractivity contribution >= 4 is 24.6 Å². The number of carbonyl (C=O) groups excluding carboxylic acids is 1. The van der Waals surface area contributed by atoms with Gasteiger partial charge >= 0.3 is 5.97 Å². The van der Waals surface area contributed by atoms with Crippen LogP contribution in [0.2, 0.25) is 0 Å². The lowest BCUT2D eigenvalue weighted by atomic mass is 10.1. The molecule has 0 amide bonds. The number of hydrogen-bond acceptors (Lipinski definition) is 5. The maximum Gasteiger partial charge on any atom is 0.331 e. The molecule has 21 heavy (non-hydrogen) atoms. The molecule has 124 valence electrons. The van der Waals surface area contributed by atoms with Crippen LogP contribution >= 0.6 is 12.6 Å². The Bertz CT molecular complexity index is 297. The van der Waals surface area contributed by atoms with Gasteiger partial charge in [-0.3, -0.25) is 5.43 Å². The van der Waals surface area contributed by atoms with Gasteiger partial charge in [0.25, 0.3) is 0 Å². The molecule has 0 aliphatic heterocycles. The van der Waals surface area contributed by atoms with Crippen LogP contribution in [0.15, 0.2) is 5.10 Å². The summed E-state index contributed by atoms with van der Waals surface area (Å²) < 4.78 is 5.17. The van der Waals surface area contributed by atoms with Crippen LogP contribution in [0.3, 0.4) is 0 Å². The fourth-order valence-corrected chi connectivity index (χ4v) is 2.06.